The molecule has 0 saturated carbocycles. The largest absolute Gasteiger partial charge is 0.478 e. The summed E-state index contributed by atoms with van der Waals surface area (Å²) in [6.45, 7) is 5.98. The monoisotopic (exact) mass is 415 g/mol. The summed E-state index contributed by atoms with van der Waals surface area (Å²) in [4.78, 5) is 25.8. The van der Waals surface area contributed by atoms with Crippen LogP contribution in [0.15, 0.2) is 36.7 Å². The number of pyridine rings is 2. The topological polar surface area (TPSA) is 70.6 Å². The van der Waals surface area contributed by atoms with Gasteiger partial charge in [0.1, 0.15) is 5.15 Å². The summed E-state index contributed by atoms with van der Waals surface area (Å²) in [7, 11) is 0. The molecule has 0 bridgehead atoms. The van der Waals surface area contributed by atoms with E-state index in [-0.39, 0.29) is 6.03 Å². The van der Waals surface area contributed by atoms with Crippen LogP contribution >= 0.6 is 11.6 Å². The number of amides is 2. The van der Waals surface area contributed by atoms with E-state index >= 15 is 0 Å². The third kappa shape index (κ3) is 4.62. The van der Waals surface area contributed by atoms with E-state index in [4.69, 9.17) is 16.3 Å². The van der Waals surface area contributed by atoms with Gasteiger partial charge in [0.2, 0.25) is 5.88 Å². The van der Waals surface area contributed by atoms with E-state index in [0.717, 1.165) is 32.5 Å². The van der Waals surface area contributed by atoms with Gasteiger partial charge < -0.3 is 15.0 Å². The summed E-state index contributed by atoms with van der Waals surface area (Å²) in [5.41, 5.74) is 1.87. The maximum absolute atomic E-state index is 12.9. The molecule has 4 rings (SSSR count). The van der Waals surface area contributed by atoms with Crippen molar-refractivity contribution in [3.05, 3.63) is 47.4 Å². The second kappa shape index (κ2) is 8.97. The van der Waals surface area contributed by atoms with Gasteiger partial charge in [-0.2, -0.15) is 0 Å². The van der Waals surface area contributed by atoms with E-state index in [9.17, 15) is 4.79 Å². The average Bonchev–Trinajstić information content (AvgIpc) is 2.99. The molecule has 7 nitrogen and oxygen atoms in total. The average molecular weight is 416 g/mol. The Morgan fingerprint density at radius 3 is 2.83 bits per heavy atom. The summed E-state index contributed by atoms with van der Waals surface area (Å²) in [6.07, 6.45) is 5.55. The molecule has 29 heavy (non-hydrogen) atoms. The molecule has 0 radical (unpaired) electrons. The van der Waals surface area contributed by atoms with E-state index in [0.29, 0.717) is 41.8 Å². The summed E-state index contributed by atoms with van der Waals surface area (Å²) >= 11 is 5.96. The molecule has 0 unspecified atom stereocenters. The number of carbonyl (C=O) groups is 1. The summed E-state index contributed by atoms with van der Waals surface area (Å²) in [5, 5.41) is 3.48. The SMILES string of the molecule is CCOc1ccc(NC(=O)N2CCCN3CC[C@H](c4ccc(Cl)nc4)[C@@H]3C2)cn1. The van der Waals surface area contributed by atoms with Crippen molar-refractivity contribution >= 4 is 23.3 Å². The highest BCUT2D eigenvalue weighted by molar-refractivity contribution is 6.29. The lowest BCUT2D eigenvalue weighted by molar-refractivity contribution is 0.197. The standard InChI is InChI=1S/C21H26ClN5O2/c1-2-29-20-7-5-16(13-24-20)25-21(28)27-10-3-9-26-11-8-17(18(26)14-27)15-4-6-19(22)23-12-15/h4-7,12-13,17-18H,2-3,8-11,14H2,1H3,(H,25,28)/t17-,18+/m1/s1. The first kappa shape index (κ1) is 19.9. The summed E-state index contributed by atoms with van der Waals surface area (Å²) in [6, 6.07) is 7.70. The Morgan fingerprint density at radius 2 is 2.10 bits per heavy atom. The molecule has 2 fully saturated rings. The number of hydrogen-bond acceptors (Lipinski definition) is 5. The Kier molecular flexibility index (Phi) is 6.16. The fourth-order valence-electron chi connectivity index (χ4n) is 4.29. The third-order valence-corrected chi connectivity index (χ3v) is 5.91. The maximum atomic E-state index is 12.9. The number of aromatic nitrogens is 2. The van der Waals surface area contributed by atoms with Gasteiger partial charge in [-0.3, -0.25) is 4.90 Å². The first-order chi connectivity index (χ1) is 14.1. The number of nitrogens with one attached hydrogen (secondary N) is 1. The van der Waals surface area contributed by atoms with Crippen LogP contribution < -0.4 is 10.1 Å². The second-order valence-corrected chi connectivity index (χ2v) is 7.85. The molecule has 0 aliphatic carbocycles. The Bertz CT molecular complexity index is 830. The van der Waals surface area contributed by atoms with Crippen molar-refractivity contribution in [1.82, 2.24) is 19.8 Å². The Balaban J connectivity index is 1.44. The predicted molar refractivity (Wildman–Crippen MR) is 113 cm³/mol. The molecule has 8 heteroatoms. The van der Waals surface area contributed by atoms with Crippen LogP contribution in [0.5, 0.6) is 5.88 Å². The molecule has 0 spiro atoms. The first-order valence-corrected chi connectivity index (χ1v) is 10.5. The first-order valence-electron chi connectivity index (χ1n) is 10.1. The minimum atomic E-state index is -0.0855. The van der Waals surface area contributed by atoms with Gasteiger partial charge in [0.05, 0.1) is 18.5 Å². The minimum Gasteiger partial charge on any atom is -0.478 e. The molecule has 2 saturated heterocycles. The van der Waals surface area contributed by atoms with E-state index in [1.165, 1.54) is 5.56 Å². The molecule has 0 aromatic carbocycles. The van der Waals surface area contributed by atoms with Crippen molar-refractivity contribution in [2.75, 3.05) is 38.1 Å². The molecular formula is C21H26ClN5O2. The van der Waals surface area contributed by atoms with Crippen molar-refractivity contribution in [1.29, 1.82) is 0 Å². The van der Waals surface area contributed by atoms with Gasteiger partial charge in [0.15, 0.2) is 0 Å². The zero-order chi connectivity index (χ0) is 20.2. The molecule has 2 aromatic heterocycles. The molecule has 2 atom stereocenters. The highest BCUT2D eigenvalue weighted by atomic mass is 35.5. The van der Waals surface area contributed by atoms with Crippen molar-refractivity contribution in [3.8, 4) is 5.88 Å². The van der Waals surface area contributed by atoms with E-state index in [1.807, 2.05) is 30.2 Å². The highest BCUT2D eigenvalue weighted by Gasteiger charge is 2.38. The lowest BCUT2D eigenvalue weighted by Crippen LogP contribution is -2.43. The van der Waals surface area contributed by atoms with Crippen molar-refractivity contribution in [3.63, 3.8) is 0 Å². The molecule has 2 amide bonds. The molecule has 1 N–H and O–H groups in total. The van der Waals surface area contributed by atoms with Gasteiger partial charge in [0, 0.05) is 43.9 Å². The van der Waals surface area contributed by atoms with Gasteiger partial charge in [-0.05, 0) is 44.0 Å². The molecule has 4 heterocycles. The lowest BCUT2D eigenvalue weighted by atomic mass is 9.92. The number of fused-ring (bicyclic) bond motifs is 1. The number of rotatable bonds is 4. The van der Waals surface area contributed by atoms with Crippen LogP contribution in [-0.4, -0.2) is 64.6 Å². The van der Waals surface area contributed by atoms with Crippen molar-refractivity contribution in [2.24, 2.45) is 0 Å². The van der Waals surface area contributed by atoms with E-state index in [1.54, 1.807) is 12.3 Å². The Morgan fingerprint density at radius 1 is 1.21 bits per heavy atom. The van der Waals surface area contributed by atoms with Gasteiger partial charge in [-0.15, -0.1) is 0 Å². The van der Waals surface area contributed by atoms with Crippen LogP contribution in [0, 0.1) is 0 Å². The zero-order valence-corrected chi connectivity index (χ0v) is 17.3. The van der Waals surface area contributed by atoms with Crippen LogP contribution in [0.3, 0.4) is 0 Å². The number of hydrogen-bond donors (Lipinski definition) is 1. The quantitative estimate of drug-likeness (QED) is 0.772. The summed E-state index contributed by atoms with van der Waals surface area (Å²) in [5.74, 6) is 0.918. The predicted octanol–water partition coefficient (Wildman–Crippen LogP) is 3.62. The molecular weight excluding hydrogens is 390 g/mol. The van der Waals surface area contributed by atoms with Gasteiger partial charge >= 0.3 is 6.03 Å². The zero-order valence-electron chi connectivity index (χ0n) is 16.6. The lowest BCUT2D eigenvalue weighted by Gasteiger charge is -2.29. The van der Waals surface area contributed by atoms with Crippen LogP contribution in [-0.2, 0) is 0 Å². The van der Waals surface area contributed by atoms with Crippen molar-refractivity contribution < 1.29 is 9.53 Å². The third-order valence-electron chi connectivity index (χ3n) is 5.69. The number of anilines is 1. The molecule has 2 aliphatic rings. The normalized spacial score (nSPS) is 22.1. The van der Waals surface area contributed by atoms with Crippen LogP contribution in [0.2, 0.25) is 5.15 Å². The van der Waals surface area contributed by atoms with Gasteiger partial charge in [0.25, 0.3) is 0 Å². The number of carbonyl (C=O) groups excluding carboxylic acids is 1. The Labute approximate surface area is 176 Å². The fourth-order valence-corrected chi connectivity index (χ4v) is 4.40. The molecule has 2 aromatic rings. The molecule has 154 valence electrons. The number of halogens is 1. The number of nitrogens with zero attached hydrogens (tertiary/aromatic N) is 4. The maximum Gasteiger partial charge on any atom is 0.321 e. The fraction of sp³-hybridized carbons (Fsp3) is 0.476. The minimum absolute atomic E-state index is 0.0855. The van der Waals surface area contributed by atoms with Crippen molar-refractivity contribution in [2.45, 2.75) is 31.7 Å². The van der Waals surface area contributed by atoms with Crippen LogP contribution in [0.4, 0.5) is 10.5 Å². The number of ether oxygens (including phenoxy) is 1. The second-order valence-electron chi connectivity index (χ2n) is 7.46. The van der Waals surface area contributed by atoms with Crippen LogP contribution in [0.25, 0.3) is 0 Å². The smallest absolute Gasteiger partial charge is 0.321 e. The van der Waals surface area contributed by atoms with Gasteiger partial charge in [-0.1, -0.05) is 17.7 Å². The van der Waals surface area contributed by atoms with Gasteiger partial charge in [-0.25, -0.2) is 14.8 Å². The van der Waals surface area contributed by atoms with Crippen LogP contribution in [0.1, 0.15) is 31.2 Å². The highest BCUT2D eigenvalue weighted by Crippen LogP contribution is 2.35. The van der Waals surface area contributed by atoms with E-state index in [2.05, 4.69) is 26.3 Å². The van der Waals surface area contributed by atoms with E-state index < -0.39 is 0 Å². The number of urea groups is 1. The Hall–Kier alpha value is -2.38. The summed E-state index contributed by atoms with van der Waals surface area (Å²) < 4.78 is 5.35. The molecule has 2 aliphatic heterocycles.